The number of para-hydroxylation sites is 2. The fraction of sp³-hybridized carbons (Fsp3) is 0.105. The molecule has 3 rings (SSSR count). The van der Waals surface area contributed by atoms with Gasteiger partial charge in [-0.2, -0.15) is 0 Å². The number of anilines is 1. The van der Waals surface area contributed by atoms with Gasteiger partial charge >= 0.3 is 0 Å². The van der Waals surface area contributed by atoms with Crippen molar-refractivity contribution in [1.82, 2.24) is 5.32 Å². The standard InChI is InChI=1S/C19H16N2O3S/c1-12-7-3-5-9-15(12)21-18(23)14(17(22)20-19(21)25)11-13-8-4-6-10-16(13)24-2/h3-11H,1-2H3,(H,20,22,25)/b14-11-. The minimum atomic E-state index is -0.522. The number of nitrogens with zero attached hydrogens (tertiary/aromatic N) is 1. The molecule has 0 spiro atoms. The van der Waals surface area contributed by atoms with Gasteiger partial charge in [0.05, 0.1) is 12.8 Å². The molecule has 1 aliphatic heterocycles. The maximum Gasteiger partial charge on any atom is 0.270 e. The maximum absolute atomic E-state index is 13.0. The van der Waals surface area contributed by atoms with Crippen LogP contribution in [0.4, 0.5) is 5.69 Å². The highest BCUT2D eigenvalue weighted by Gasteiger charge is 2.35. The van der Waals surface area contributed by atoms with Crippen LogP contribution in [0, 0.1) is 6.92 Å². The van der Waals surface area contributed by atoms with Crippen LogP contribution in [0.15, 0.2) is 54.1 Å². The lowest BCUT2D eigenvalue weighted by Gasteiger charge is -2.30. The van der Waals surface area contributed by atoms with E-state index in [0.717, 1.165) is 5.56 Å². The predicted octanol–water partition coefficient (Wildman–Crippen LogP) is 2.83. The Morgan fingerprint density at radius 3 is 2.48 bits per heavy atom. The monoisotopic (exact) mass is 352 g/mol. The van der Waals surface area contributed by atoms with Gasteiger partial charge in [0.25, 0.3) is 11.8 Å². The van der Waals surface area contributed by atoms with E-state index in [9.17, 15) is 9.59 Å². The first-order valence-electron chi connectivity index (χ1n) is 7.63. The van der Waals surface area contributed by atoms with Gasteiger partial charge in [0.2, 0.25) is 0 Å². The van der Waals surface area contributed by atoms with Crippen LogP contribution in [-0.4, -0.2) is 24.0 Å². The third-order valence-electron chi connectivity index (χ3n) is 3.90. The van der Waals surface area contributed by atoms with Gasteiger partial charge in [-0.05, 0) is 42.9 Å². The number of nitrogens with one attached hydrogen (secondary N) is 1. The molecule has 1 saturated heterocycles. The van der Waals surface area contributed by atoms with E-state index in [2.05, 4.69) is 5.32 Å². The van der Waals surface area contributed by atoms with Crippen molar-refractivity contribution in [2.24, 2.45) is 0 Å². The van der Waals surface area contributed by atoms with Gasteiger partial charge in [0.1, 0.15) is 11.3 Å². The summed E-state index contributed by atoms with van der Waals surface area (Å²) in [5.74, 6) is -0.411. The number of amides is 2. The van der Waals surface area contributed by atoms with Crippen LogP contribution in [0.2, 0.25) is 0 Å². The molecule has 1 fully saturated rings. The molecular formula is C19H16N2O3S. The van der Waals surface area contributed by atoms with Crippen LogP contribution in [0.5, 0.6) is 5.75 Å². The number of carbonyl (C=O) groups excluding carboxylic acids is 2. The van der Waals surface area contributed by atoms with E-state index >= 15 is 0 Å². The highest BCUT2D eigenvalue weighted by atomic mass is 32.1. The molecule has 1 heterocycles. The highest BCUT2D eigenvalue weighted by Crippen LogP contribution is 2.26. The summed E-state index contributed by atoms with van der Waals surface area (Å²) in [6.45, 7) is 1.88. The molecule has 2 aromatic rings. The average molecular weight is 352 g/mol. The molecule has 0 unspecified atom stereocenters. The van der Waals surface area contributed by atoms with Gasteiger partial charge in [-0.3, -0.25) is 19.8 Å². The Labute approximate surface area is 150 Å². The van der Waals surface area contributed by atoms with Crippen molar-refractivity contribution in [3.8, 4) is 5.75 Å². The molecule has 0 atom stereocenters. The van der Waals surface area contributed by atoms with Crippen molar-refractivity contribution < 1.29 is 14.3 Å². The summed E-state index contributed by atoms with van der Waals surface area (Å²) in [5, 5.41) is 2.65. The highest BCUT2D eigenvalue weighted by molar-refractivity contribution is 7.80. The summed E-state index contributed by atoms with van der Waals surface area (Å²) in [5.41, 5.74) is 2.16. The first-order valence-corrected chi connectivity index (χ1v) is 8.04. The normalized spacial score (nSPS) is 16.2. The number of rotatable bonds is 3. The Morgan fingerprint density at radius 2 is 1.76 bits per heavy atom. The van der Waals surface area contributed by atoms with Crippen molar-refractivity contribution in [3.05, 3.63) is 65.2 Å². The lowest BCUT2D eigenvalue weighted by atomic mass is 10.1. The number of aryl methyl sites for hydroxylation is 1. The summed E-state index contributed by atoms with van der Waals surface area (Å²) < 4.78 is 5.28. The molecule has 2 amide bonds. The maximum atomic E-state index is 13.0. The van der Waals surface area contributed by atoms with Crippen LogP contribution in [0.25, 0.3) is 6.08 Å². The molecule has 0 radical (unpaired) electrons. The van der Waals surface area contributed by atoms with Gasteiger partial charge < -0.3 is 4.74 Å². The zero-order valence-electron chi connectivity index (χ0n) is 13.8. The second-order valence-corrected chi connectivity index (χ2v) is 5.87. The molecule has 126 valence electrons. The summed E-state index contributed by atoms with van der Waals surface area (Å²) in [4.78, 5) is 26.6. The molecule has 25 heavy (non-hydrogen) atoms. The second kappa shape index (κ2) is 6.86. The van der Waals surface area contributed by atoms with Gasteiger partial charge in [-0.25, -0.2) is 0 Å². The first kappa shape index (κ1) is 16.9. The molecule has 0 bridgehead atoms. The fourth-order valence-corrected chi connectivity index (χ4v) is 2.91. The number of thiocarbonyl (C=S) groups is 1. The third-order valence-corrected chi connectivity index (χ3v) is 4.18. The predicted molar refractivity (Wildman–Crippen MR) is 100 cm³/mol. The molecule has 0 saturated carbocycles. The van der Waals surface area contributed by atoms with Crippen LogP contribution in [0.1, 0.15) is 11.1 Å². The summed E-state index contributed by atoms with van der Waals surface area (Å²) in [6.07, 6.45) is 1.52. The summed E-state index contributed by atoms with van der Waals surface area (Å²) in [7, 11) is 1.54. The quantitative estimate of drug-likeness (QED) is 0.524. The Balaban J connectivity index is 2.07. The lowest BCUT2D eigenvalue weighted by Crippen LogP contribution is -2.54. The minimum absolute atomic E-state index is 0.00125. The van der Waals surface area contributed by atoms with E-state index in [1.165, 1.54) is 18.1 Å². The Hall–Kier alpha value is -2.99. The van der Waals surface area contributed by atoms with E-state index < -0.39 is 11.8 Å². The summed E-state index contributed by atoms with van der Waals surface area (Å²) in [6, 6.07) is 14.5. The third kappa shape index (κ3) is 3.16. The molecule has 0 aromatic heterocycles. The Bertz CT molecular complexity index is 905. The van der Waals surface area contributed by atoms with Crippen LogP contribution in [-0.2, 0) is 9.59 Å². The number of carbonyl (C=O) groups is 2. The average Bonchev–Trinajstić information content (AvgIpc) is 2.60. The zero-order valence-corrected chi connectivity index (χ0v) is 14.6. The Morgan fingerprint density at radius 1 is 1.08 bits per heavy atom. The van der Waals surface area contributed by atoms with Crippen molar-refractivity contribution in [3.63, 3.8) is 0 Å². The molecule has 1 aliphatic rings. The SMILES string of the molecule is COc1ccccc1/C=C1/C(=O)NC(=S)N(c2ccccc2C)C1=O. The molecule has 6 heteroatoms. The Kier molecular flexibility index (Phi) is 4.63. The van der Waals surface area contributed by atoms with Crippen molar-refractivity contribution >= 4 is 40.9 Å². The topological polar surface area (TPSA) is 58.6 Å². The van der Waals surface area contributed by atoms with Gasteiger partial charge in [-0.15, -0.1) is 0 Å². The second-order valence-electron chi connectivity index (χ2n) is 5.49. The minimum Gasteiger partial charge on any atom is -0.496 e. The first-order chi connectivity index (χ1) is 12.0. The van der Waals surface area contributed by atoms with Crippen LogP contribution >= 0.6 is 12.2 Å². The number of benzene rings is 2. The zero-order chi connectivity index (χ0) is 18.0. The molecule has 1 N–H and O–H groups in total. The molecule has 2 aromatic carbocycles. The largest absolute Gasteiger partial charge is 0.496 e. The number of hydrogen-bond acceptors (Lipinski definition) is 4. The number of ether oxygens (including phenoxy) is 1. The van der Waals surface area contributed by atoms with E-state index in [1.807, 2.05) is 37.3 Å². The number of hydrogen-bond donors (Lipinski definition) is 1. The number of methoxy groups -OCH3 is 1. The summed E-state index contributed by atoms with van der Waals surface area (Å²) >= 11 is 5.21. The van der Waals surface area contributed by atoms with Crippen LogP contribution in [0.3, 0.4) is 0 Å². The van der Waals surface area contributed by atoms with Crippen molar-refractivity contribution in [2.45, 2.75) is 6.92 Å². The van der Waals surface area contributed by atoms with Gasteiger partial charge in [-0.1, -0.05) is 36.4 Å². The van der Waals surface area contributed by atoms with Crippen molar-refractivity contribution in [1.29, 1.82) is 0 Å². The molecule has 5 nitrogen and oxygen atoms in total. The van der Waals surface area contributed by atoms with E-state index in [0.29, 0.717) is 17.0 Å². The van der Waals surface area contributed by atoms with Crippen LogP contribution < -0.4 is 15.0 Å². The van der Waals surface area contributed by atoms with Gasteiger partial charge in [0, 0.05) is 5.56 Å². The lowest BCUT2D eigenvalue weighted by molar-refractivity contribution is -0.122. The van der Waals surface area contributed by atoms with E-state index in [4.69, 9.17) is 17.0 Å². The van der Waals surface area contributed by atoms with E-state index in [-0.39, 0.29) is 10.7 Å². The molecular weight excluding hydrogens is 336 g/mol. The fourth-order valence-electron chi connectivity index (χ4n) is 2.63. The van der Waals surface area contributed by atoms with Crippen molar-refractivity contribution in [2.75, 3.05) is 12.0 Å². The molecule has 0 aliphatic carbocycles. The smallest absolute Gasteiger partial charge is 0.270 e. The van der Waals surface area contributed by atoms with Gasteiger partial charge in [0.15, 0.2) is 5.11 Å². The van der Waals surface area contributed by atoms with E-state index in [1.54, 1.807) is 18.2 Å².